The van der Waals surface area contributed by atoms with Crippen molar-refractivity contribution in [3.63, 3.8) is 0 Å². The molecule has 0 N–H and O–H groups in total. The van der Waals surface area contributed by atoms with E-state index in [1.807, 2.05) is 0 Å². The first-order valence-corrected chi connectivity index (χ1v) is 6.95. The van der Waals surface area contributed by atoms with Gasteiger partial charge in [0.25, 0.3) is 0 Å². The maximum Gasteiger partial charge on any atom is -0.0288 e. The molecule has 0 saturated carbocycles. The molecule has 0 amide bonds. The van der Waals surface area contributed by atoms with E-state index in [1.165, 1.54) is 56.9 Å². The van der Waals surface area contributed by atoms with Crippen LogP contribution < -0.4 is 0 Å². The molecular weight excluding hydrogens is 192 g/mol. The van der Waals surface area contributed by atoms with Crippen LogP contribution in [0.2, 0.25) is 0 Å². The summed E-state index contributed by atoms with van der Waals surface area (Å²) in [5.74, 6) is 0. The molecule has 0 radical (unpaired) electrons. The third-order valence-electron chi connectivity index (χ3n) is 2.89. The lowest BCUT2D eigenvalue weighted by Crippen LogP contribution is -1.80. The number of unbranched alkanes of at least 4 members (excludes halogenated alkanes) is 5. The summed E-state index contributed by atoms with van der Waals surface area (Å²) in [6, 6.07) is 0. The van der Waals surface area contributed by atoms with Crippen molar-refractivity contribution in [1.29, 1.82) is 0 Å². The average Bonchev–Trinajstić information content (AvgIpc) is 2.22. The summed E-state index contributed by atoms with van der Waals surface area (Å²) in [6.07, 6.45) is 15.4. The lowest BCUT2D eigenvalue weighted by Gasteiger charge is -2.00. The lowest BCUT2D eigenvalue weighted by atomic mass is 10.1. The summed E-state index contributed by atoms with van der Waals surface area (Å²) >= 11 is 0. The smallest absolute Gasteiger partial charge is 0.0288 e. The van der Waals surface area contributed by atoms with Crippen molar-refractivity contribution in [1.82, 2.24) is 0 Å². The highest BCUT2D eigenvalue weighted by Gasteiger charge is 1.90. The van der Waals surface area contributed by atoms with Gasteiger partial charge in [-0.25, -0.2) is 0 Å². The molecular formula is C16H30. The van der Waals surface area contributed by atoms with Crippen molar-refractivity contribution in [2.24, 2.45) is 0 Å². The van der Waals surface area contributed by atoms with Crippen LogP contribution in [0.15, 0.2) is 23.3 Å². The van der Waals surface area contributed by atoms with Crippen molar-refractivity contribution < 1.29 is 0 Å². The highest BCUT2D eigenvalue weighted by Crippen LogP contribution is 2.10. The normalized spacial score (nSPS) is 11.6. The second-order valence-corrected chi connectivity index (χ2v) is 5.07. The minimum absolute atomic E-state index is 1.21. The maximum absolute atomic E-state index is 2.44. The van der Waals surface area contributed by atoms with E-state index in [2.05, 4.69) is 39.8 Å². The third kappa shape index (κ3) is 11.6. The van der Waals surface area contributed by atoms with Gasteiger partial charge in [0.2, 0.25) is 0 Å². The van der Waals surface area contributed by atoms with E-state index in [4.69, 9.17) is 0 Å². The molecule has 94 valence electrons. The minimum atomic E-state index is 1.21. The van der Waals surface area contributed by atoms with Gasteiger partial charge < -0.3 is 0 Å². The van der Waals surface area contributed by atoms with E-state index in [9.17, 15) is 0 Å². The largest absolute Gasteiger partial charge is 0.0856 e. The fourth-order valence-electron chi connectivity index (χ4n) is 1.79. The van der Waals surface area contributed by atoms with Gasteiger partial charge in [-0.1, -0.05) is 55.9 Å². The van der Waals surface area contributed by atoms with Crippen LogP contribution in [0, 0.1) is 0 Å². The van der Waals surface area contributed by atoms with E-state index in [-0.39, 0.29) is 0 Å². The van der Waals surface area contributed by atoms with Crippen molar-refractivity contribution in [3.05, 3.63) is 23.3 Å². The Balaban J connectivity index is 3.44. The maximum atomic E-state index is 2.44. The zero-order chi connectivity index (χ0) is 12.2. The van der Waals surface area contributed by atoms with Gasteiger partial charge in [-0.3, -0.25) is 0 Å². The number of allylic oxidation sites excluding steroid dienone is 4. The SMILES string of the molecule is CCCCCCCC=C(C)CCC=C(C)C. The molecule has 0 heterocycles. The standard InChI is InChI=1S/C16H30/c1-5-6-7-8-9-10-13-16(4)14-11-12-15(2)3/h12-13H,5-11,14H2,1-4H3. The van der Waals surface area contributed by atoms with Gasteiger partial charge in [-0.2, -0.15) is 0 Å². The zero-order valence-electron chi connectivity index (χ0n) is 11.8. The predicted octanol–water partition coefficient (Wildman–Crippen LogP) is 6.04. The second kappa shape index (κ2) is 11.0. The molecule has 16 heavy (non-hydrogen) atoms. The van der Waals surface area contributed by atoms with Gasteiger partial charge in [0.05, 0.1) is 0 Å². The molecule has 0 aromatic carbocycles. The van der Waals surface area contributed by atoms with Crippen LogP contribution in [0.3, 0.4) is 0 Å². The van der Waals surface area contributed by atoms with E-state index in [1.54, 1.807) is 5.57 Å². The molecule has 0 spiro atoms. The van der Waals surface area contributed by atoms with Gasteiger partial charge in [0, 0.05) is 0 Å². The highest BCUT2D eigenvalue weighted by atomic mass is 14.0. The molecule has 0 aliphatic carbocycles. The van der Waals surface area contributed by atoms with Crippen LogP contribution in [0.1, 0.15) is 79.1 Å². The Bertz CT molecular complexity index is 204. The average molecular weight is 222 g/mol. The first kappa shape index (κ1) is 15.5. The molecule has 0 bridgehead atoms. The lowest BCUT2D eigenvalue weighted by molar-refractivity contribution is 0.636. The van der Waals surface area contributed by atoms with E-state index >= 15 is 0 Å². The summed E-state index contributed by atoms with van der Waals surface area (Å²) in [5.41, 5.74) is 3.00. The van der Waals surface area contributed by atoms with Crippen LogP contribution in [0.25, 0.3) is 0 Å². The molecule has 0 rings (SSSR count). The Morgan fingerprint density at radius 2 is 1.50 bits per heavy atom. The summed E-state index contributed by atoms with van der Waals surface area (Å²) in [7, 11) is 0. The van der Waals surface area contributed by atoms with Crippen LogP contribution in [0.4, 0.5) is 0 Å². The third-order valence-corrected chi connectivity index (χ3v) is 2.89. The zero-order valence-corrected chi connectivity index (χ0v) is 11.8. The molecule has 0 atom stereocenters. The Morgan fingerprint density at radius 3 is 2.12 bits per heavy atom. The fraction of sp³-hybridized carbons (Fsp3) is 0.750. The monoisotopic (exact) mass is 222 g/mol. The Kier molecular flexibility index (Phi) is 10.6. The molecule has 0 aromatic heterocycles. The summed E-state index contributed by atoms with van der Waals surface area (Å²) in [4.78, 5) is 0. The van der Waals surface area contributed by atoms with Crippen LogP contribution in [0.5, 0.6) is 0 Å². The summed E-state index contributed by atoms with van der Waals surface area (Å²) in [5, 5.41) is 0. The van der Waals surface area contributed by atoms with Gasteiger partial charge in [-0.05, 0) is 46.5 Å². The Hall–Kier alpha value is -0.520. The van der Waals surface area contributed by atoms with Crippen molar-refractivity contribution in [2.45, 2.75) is 79.1 Å². The molecule has 0 fully saturated rings. The molecule has 0 aliphatic rings. The van der Waals surface area contributed by atoms with Crippen molar-refractivity contribution >= 4 is 0 Å². The molecule has 0 aliphatic heterocycles. The van der Waals surface area contributed by atoms with E-state index in [0.29, 0.717) is 0 Å². The van der Waals surface area contributed by atoms with Crippen LogP contribution in [-0.2, 0) is 0 Å². The van der Waals surface area contributed by atoms with E-state index in [0.717, 1.165) is 0 Å². The summed E-state index contributed by atoms with van der Waals surface area (Å²) in [6.45, 7) is 8.89. The number of hydrogen-bond donors (Lipinski definition) is 0. The van der Waals surface area contributed by atoms with Gasteiger partial charge in [0.1, 0.15) is 0 Å². The summed E-state index contributed by atoms with van der Waals surface area (Å²) < 4.78 is 0. The molecule has 0 unspecified atom stereocenters. The Morgan fingerprint density at radius 1 is 0.812 bits per heavy atom. The first-order chi connectivity index (χ1) is 7.66. The number of hydrogen-bond acceptors (Lipinski definition) is 0. The van der Waals surface area contributed by atoms with Gasteiger partial charge in [0.15, 0.2) is 0 Å². The first-order valence-electron chi connectivity index (χ1n) is 6.95. The van der Waals surface area contributed by atoms with Crippen molar-refractivity contribution in [3.8, 4) is 0 Å². The molecule has 0 saturated heterocycles. The van der Waals surface area contributed by atoms with Crippen LogP contribution in [-0.4, -0.2) is 0 Å². The minimum Gasteiger partial charge on any atom is -0.0856 e. The molecule has 0 nitrogen and oxygen atoms in total. The Labute approximate surface area is 103 Å². The predicted molar refractivity (Wildman–Crippen MR) is 75.8 cm³/mol. The van der Waals surface area contributed by atoms with Gasteiger partial charge in [-0.15, -0.1) is 0 Å². The number of rotatable bonds is 9. The molecule has 0 aromatic rings. The fourth-order valence-corrected chi connectivity index (χ4v) is 1.79. The van der Waals surface area contributed by atoms with Gasteiger partial charge >= 0.3 is 0 Å². The topological polar surface area (TPSA) is 0 Å². The quantitative estimate of drug-likeness (QED) is 0.329. The van der Waals surface area contributed by atoms with Crippen LogP contribution >= 0.6 is 0 Å². The highest BCUT2D eigenvalue weighted by molar-refractivity contribution is 5.01. The van der Waals surface area contributed by atoms with Crippen molar-refractivity contribution in [2.75, 3.05) is 0 Å². The second-order valence-electron chi connectivity index (χ2n) is 5.07. The van der Waals surface area contributed by atoms with E-state index < -0.39 is 0 Å². The molecule has 0 heteroatoms.